The molecule has 0 amide bonds. The van der Waals surface area contributed by atoms with Gasteiger partial charge in [-0.05, 0) is 49.9 Å². The summed E-state index contributed by atoms with van der Waals surface area (Å²) in [6, 6.07) is 7.66. The van der Waals surface area contributed by atoms with Crippen LogP contribution in [0, 0.1) is 5.82 Å². The molecule has 0 unspecified atom stereocenters. The molecule has 1 aromatic carbocycles. The lowest BCUT2D eigenvalue weighted by Gasteiger charge is -2.37. The Bertz CT molecular complexity index is 647. The molecule has 168 valence electrons. The number of benzene rings is 1. The largest absolute Gasteiger partial charge is 0.461 e. The molecule has 0 aromatic heterocycles. The molecule has 3 nitrogen and oxygen atoms in total. The number of ether oxygens (including phenoxy) is 1. The first-order chi connectivity index (χ1) is 14.6. The van der Waals surface area contributed by atoms with E-state index in [2.05, 4.69) is 18.9 Å². The predicted octanol–water partition coefficient (Wildman–Crippen LogP) is 6.61. The van der Waals surface area contributed by atoms with Crippen molar-refractivity contribution in [1.82, 2.24) is 4.90 Å². The van der Waals surface area contributed by atoms with Gasteiger partial charge in [0, 0.05) is 24.9 Å². The highest BCUT2D eigenvalue weighted by Crippen LogP contribution is 2.43. The Morgan fingerprint density at radius 3 is 2.27 bits per heavy atom. The standard InChI is InChI=1S/C26H40FNO2/c1-3-4-5-6-7-8-9-10-11-12-26(29)30-25-19-23-17-21(18-24(25)28(23)2)20-13-15-22(27)16-14-20/h13-16,21,23-25H,3-12,17-19H2,1-2H3/t21-,23-,24-,25-/m1/s1. The Kier molecular flexibility index (Phi) is 9.17. The quantitative estimate of drug-likeness (QED) is 0.283. The minimum atomic E-state index is -0.182. The van der Waals surface area contributed by atoms with E-state index in [0.717, 1.165) is 32.1 Å². The van der Waals surface area contributed by atoms with Crippen molar-refractivity contribution in [3.8, 4) is 0 Å². The number of hydrogen-bond acceptors (Lipinski definition) is 3. The van der Waals surface area contributed by atoms with E-state index in [9.17, 15) is 9.18 Å². The highest BCUT2D eigenvalue weighted by atomic mass is 19.1. The number of hydrogen-bond donors (Lipinski definition) is 0. The molecule has 2 aliphatic rings. The van der Waals surface area contributed by atoms with Crippen LogP contribution in [0.5, 0.6) is 0 Å². The molecule has 0 aliphatic carbocycles. The second-order valence-corrected chi connectivity index (χ2v) is 9.45. The predicted molar refractivity (Wildman–Crippen MR) is 120 cm³/mol. The Balaban J connectivity index is 1.35. The Morgan fingerprint density at radius 2 is 1.60 bits per heavy atom. The van der Waals surface area contributed by atoms with Gasteiger partial charge in [-0.2, -0.15) is 0 Å². The van der Waals surface area contributed by atoms with Gasteiger partial charge in [0.15, 0.2) is 0 Å². The highest BCUT2D eigenvalue weighted by molar-refractivity contribution is 5.69. The van der Waals surface area contributed by atoms with Crippen LogP contribution in [0.1, 0.15) is 102 Å². The number of likely N-dealkylation sites (N-methyl/N-ethyl adjacent to an activating group) is 1. The summed E-state index contributed by atoms with van der Waals surface area (Å²) in [7, 11) is 2.16. The van der Waals surface area contributed by atoms with Crippen LogP contribution >= 0.6 is 0 Å². The number of halogens is 1. The van der Waals surface area contributed by atoms with Gasteiger partial charge in [0.05, 0.1) is 0 Å². The van der Waals surface area contributed by atoms with Crippen LogP contribution in [0.3, 0.4) is 0 Å². The fourth-order valence-electron chi connectivity index (χ4n) is 5.36. The number of esters is 1. The summed E-state index contributed by atoms with van der Waals surface area (Å²) < 4.78 is 19.2. The van der Waals surface area contributed by atoms with E-state index in [1.54, 1.807) is 12.1 Å². The summed E-state index contributed by atoms with van der Waals surface area (Å²) in [6.07, 6.45) is 14.8. The summed E-state index contributed by atoms with van der Waals surface area (Å²) in [5, 5.41) is 0. The second-order valence-electron chi connectivity index (χ2n) is 9.45. The average molecular weight is 418 g/mol. The summed E-state index contributed by atoms with van der Waals surface area (Å²) in [5.74, 6) is 0.220. The third-order valence-electron chi connectivity index (χ3n) is 7.22. The van der Waals surface area contributed by atoms with Crippen molar-refractivity contribution in [2.24, 2.45) is 0 Å². The Hall–Kier alpha value is -1.42. The number of fused-ring (bicyclic) bond motifs is 2. The molecule has 30 heavy (non-hydrogen) atoms. The molecule has 4 atom stereocenters. The number of carbonyl (C=O) groups is 1. The van der Waals surface area contributed by atoms with E-state index >= 15 is 0 Å². The van der Waals surface area contributed by atoms with E-state index < -0.39 is 0 Å². The SMILES string of the molecule is CCCCCCCCCCCC(=O)O[C@@H]1C[C@H]2C[C@@H](c3ccc(F)cc3)C[C@H]1N2C. The van der Waals surface area contributed by atoms with Crippen LogP contribution in [-0.4, -0.2) is 36.1 Å². The van der Waals surface area contributed by atoms with Gasteiger partial charge in [-0.1, -0.05) is 70.4 Å². The maximum atomic E-state index is 13.3. The third kappa shape index (κ3) is 6.54. The van der Waals surface area contributed by atoms with Crippen LogP contribution in [-0.2, 0) is 9.53 Å². The highest BCUT2D eigenvalue weighted by Gasteiger charge is 2.46. The molecule has 2 saturated heterocycles. The number of rotatable bonds is 12. The minimum absolute atomic E-state index is 0.0107. The number of nitrogens with zero attached hydrogens (tertiary/aromatic N) is 1. The van der Waals surface area contributed by atoms with Crippen molar-refractivity contribution in [2.45, 2.75) is 114 Å². The van der Waals surface area contributed by atoms with Gasteiger partial charge >= 0.3 is 5.97 Å². The van der Waals surface area contributed by atoms with E-state index in [-0.39, 0.29) is 23.9 Å². The van der Waals surface area contributed by atoms with Gasteiger partial charge in [0.2, 0.25) is 0 Å². The topological polar surface area (TPSA) is 29.5 Å². The zero-order chi connectivity index (χ0) is 21.3. The summed E-state index contributed by atoms with van der Waals surface area (Å²) >= 11 is 0. The zero-order valence-electron chi connectivity index (χ0n) is 19.0. The first-order valence-electron chi connectivity index (χ1n) is 12.3. The van der Waals surface area contributed by atoms with Crippen molar-refractivity contribution < 1.29 is 13.9 Å². The first-order valence-corrected chi connectivity index (χ1v) is 12.3. The number of unbranched alkanes of at least 4 members (excludes halogenated alkanes) is 8. The smallest absolute Gasteiger partial charge is 0.306 e. The minimum Gasteiger partial charge on any atom is -0.461 e. The van der Waals surface area contributed by atoms with Crippen LogP contribution in [0.15, 0.2) is 24.3 Å². The molecule has 0 N–H and O–H groups in total. The molecule has 2 fully saturated rings. The van der Waals surface area contributed by atoms with E-state index in [4.69, 9.17) is 4.74 Å². The molecular weight excluding hydrogens is 377 g/mol. The van der Waals surface area contributed by atoms with Gasteiger partial charge < -0.3 is 4.74 Å². The monoisotopic (exact) mass is 417 g/mol. The lowest BCUT2D eigenvalue weighted by molar-refractivity contribution is -0.150. The van der Waals surface area contributed by atoms with Crippen molar-refractivity contribution in [2.75, 3.05) is 7.05 Å². The van der Waals surface area contributed by atoms with Gasteiger partial charge in [-0.15, -0.1) is 0 Å². The Morgan fingerprint density at radius 1 is 0.967 bits per heavy atom. The fourth-order valence-corrected chi connectivity index (χ4v) is 5.36. The Labute approximate surface area is 182 Å². The lowest BCUT2D eigenvalue weighted by Crippen LogP contribution is -2.42. The molecule has 4 heteroatoms. The van der Waals surface area contributed by atoms with Gasteiger partial charge in [0.1, 0.15) is 11.9 Å². The maximum Gasteiger partial charge on any atom is 0.306 e. The molecule has 0 saturated carbocycles. The number of carbonyl (C=O) groups excluding carboxylic acids is 1. The lowest BCUT2D eigenvalue weighted by atomic mass is 9.85. The molecular formula is C26H40FNO2. The van der Waals surface area contributed by atoms with Crippen LogP contribution in [0.4, 0.5) is 4.39 Å². The van der Waals surface area contributed by atoms with Gasteiger partial charge in [-0.3, -0.25) is 9.69 Å². The molecule has 0 radical (unpaired) electrons. The van der Waals surface area contributed by atoms with Gasteiger partial charge in [0.25, 0.3) is 0 Å². The van der Waals surface area contributed by atoms with Crippen molar-refractivity contribution in [1.29, 1.82) is 0 Å². The molecule has 2 bridgehead atoms. The molecule has 2 aliphatic heterocycles. The van der Waals surface area contributed by atoms with E-state index in [1.165, 1.54) is 50.5 Å². The normalized spacial score (nSPS) is 26.1. The average Bonchev–Trinajstić information content (AvgIpc) is 2.89. The van der Waals surface area contributed by atoms with Crippen LogP contribution in [0.2, 0.25) is 0 Å². The van der Waals surface area contributed by atoms with Crippen LogP contribution < -0.4 is 0 Å². The van der Waals surface area contributed by atoms with Crippen molar-refractivity contribution in [3.05, 3.63) is 35.6 Å². The summed E-state index contributed by atoms with van der Waals surface area (Å²) in [5.41, 5.74) is 1.21. The van der Waals surface area contributed by atoms with Gasteiger partial charge in [-0.25, -0.2) is 4.39 Å². The van der Waals surface area contributed by atoms with E-state index in [1.807, 2.05) is 12.1 Å². The van der Waals surface area contributed by atoms with E-state index in [0.29, 0.717) is 18.4 Å². The molecule has 1 aromatic rings. The third-order valence-corrected chi connectivity index (χ3v) is 7.22. The fraction of sp³-hybridized carbons (Fsp3) is 0.731. The molecule has 2 heterocycles. The summed E-state index contributed by atoms with van der Waals surface area (Å²) in [6.45, 7) is 2.25. The first kappa shape index (κ1) is 23.2. The summed E-state index contributed by atoms with van der Waals surface area (Å²) in [4.78, 5) is 14.8. The maximum absolute atomic E-state index is 13.3. The zero-order valence-corrected chi connectivity index (χ0v) is 19.0. The molecule has 0 spiro atoms. The van der Waals surface area contributed by atoms with Crippen molar-refractivity contribution in [3.63, 3.8) is 0 Å². The van der Waals surface area contributed by atoms with Crippen molar-refractivity contribution >= 4 is 5.97 Å². The molecule has 3 rings (SSSR count). The van der Waals surface area contributed by atoms with Crippen LogP contribution in [0.25, 0.3) is 0 Å². The second kappa shape index (κ2) is 11.8. The number of piperidine rings is 1.